The van der Waals surface area contributed by atoms with Crippen LogP contribution in [0.4, 0.5) is 5.69 Å². The zero-order chi connectivity index (χ0) is 14.5. The number of furan rings is 1. The van der Waals surface area contributed by atoms with Gasteiger partial charge in [-0.15, -0.1) is 0 Å². The van der Waals surface area contributed by atoms with Crippen molar-refractivity contribution in [3.05, 3.63) is 47.9 Å². The van der Waals surface area contributed by atoms with Gasteiger partial charge in [-0.2, -0.15) is 0 Å². The zero-order valence-electron chi connectivity index (χ0n) is 10.8. The molecular formula is C14H13NO5. The maximum absolute atomic E-state index is 11.9. The molecule has 20 heavy (non-hydrogen) atoms. The summed E-state index contributed by atoms with van der Waals surface area (Å²) in [5.41, 5.74) is 0.536. The van der Waals surface area contributed by atoms with Gasteiger partial charge in [-0.05, 0) is 31.2 Å². The molecule has 0 saturated carbocycles. The summed E-state index contributed by atoms with van der Waals surface area (Å²) in [4.78, 5) is 22.6. The highest BCUT2D eigenvalue weighted by atomic mass is 16.5. The molecule has 0 aliphatic rings. The minimum atomic E-state index is -1.22. The summed E-state index contributed by atoms with van der Waals surface area (Å²) in [5, 5.41) is 11.3. The molecule has 104 valence electrons. The number of hydrogen-bond donors (Lipinski definition) is 2. The molecule has 2 rings (SSSR count). The lowest BCUT2D eigenvalue weighted by Gasteiger charge is -2.06. The van der Waals surface area contributed by atoms with Crippen molar-refractivity contribution in [1.29, 1.82) is 0 Å². The number of carbonyl (C=O) groups excluding carboxylic acids is 1. The quantitative estimate of drug-likeness (QED) is 0.875. The fourth-order valence-corrected chi connectivity index (χ4v) is 1.60. The Kier molecular flexibility index (Phi) is 4.05. The molecule has 1 aromatic carbocycles. The smallest absolute Gasteiger partial charge is 0.371 e. The van der Waals surface area contributed by atoms with Crippen molar-refractivity contribution in [2.24, 2.45) is 0 Å². The Hall–Kier alpha value is -2.76. The maximum Gasteiger partial charge on any atom is 0.371 e. The van der Waals surface area contributed by atoms with Crippen LogP contribution >= 0.6 is 0 Å². The van der Waals surface area contributed by atoms with E-state index in [2.05, 4.69) is 5.32 Å². The van der Waals surface area contributed by atoms with Crippen molar-refractivity contribution in [1.82, 2.24) is 0 Å². The summed E-state index contributed by atoms with van der Waals surface area (Å²) < 4.78 is 10.2. The summed E-state index contributed by atoms with van der Waals surface area (Å²) >= 11 is 0. The number of carboxylic acid groups (broad SMARTS) is 1. The summed E-state index contributed by atoms with van der Waals surface area (Å²) in [6.45, 7) is 2.39. The number of carboxylic acids is 1. The number of aromatic carboxylic acids is 1. The third-order valence-corrected chi connectivity index (χ3v) is 2.44. The Morgan fingerprint density at radius 3 is 2.65 bits per heavy atom. The van der Waals surface area contributed by atoms with E-state index in [1.807, 2.05) is 6.92 Å². The van der Waals surface area contributed by atoms with Crippen LogP contribution in [0.5, 0.6) is 5.75 Å². The van der Waals surface area contributed by atoms with Crippen molar-refractivity contribution in [3.8, 4) is 5.75 Å². The predicted molar refractivity (Wildman–Crippen MR) is 71.2 cm³/mol. The highest BCUT2D eigenvalue weighted by Crippen LogP contribution is 2.18. The number of anilines is 1. The first kappa shape index (κ1) is 13.7. The molecule has 0 aliphatic heterocycles. The average molecular weight is 275 g/mol. The fourth-order valence-electron chi connectivity index (χ4n) is 1.60. The third kappa shape index (κ3) is 3.17. The lowest BCUT2D eigenvalue weighted by atomic mass is 10.3. The van der Waals surface area contributed by atoms with E-state index in [-0.39, 0.29) is 11.5 Å². The van der Waals surface area contributed by atoms with Gasteiger partial charge in [0.2, 0.25) is 5.76 Å². The molecule has 0 saturated heterocycles. The van der Waals surface area contributed by atoms with Gasteiger partial charge in [0.1, 0.15) is 5.75 Å². The molecule has 0 spiro atoms. The fraction of sp³-hybridized carbons (Fsp3) is 0.143. The molecule has 0 unspecified atom stereocenters. The van der Waals surface area contributed by atoms with Gasteiger partial charge in [-0.25, -0.2) is 4.79 Å². The molecule has 6 nitrogen and oxygen atoms in total. The normalized spacial score (nSPS) is 10.1. The molecule has 6 heteroatoms. The molecule has 2 aromatic rings. The largest absolute Gasteiger partial charge is 0.494 e. The van der Waals surface area contributed by atoms with Gasteiger partial charge in [-0.3, -0.25) is 4.79 Å². The molecule has 1 amide bonds. The van der Waals surface area contributed by atoms with Gasteiger partial charge < -0.3 is 19.6 Å². The Bertz CT molecular complexity index is 632. The van der Waals surface area contributed by atoms with Crippen LogP contribution in [-0.2, 0) is 0 Å². The minimum Gasteiger partial charge on any atom is -0.494 e. The standard InChI is InChI=1S/C14H13NO5/c1-2-19-10-5-3-4-9(8-10)15-13(16)11-6-7-12(20-11)14(17)18/h3-8H,2H2,1H3,(H,15,16)(H,17,18). The number of amides is 1. The molecule has 0 aliphatic carbocycles. The van der Waals surface area contributed by atoms with E-state index in [1.54, 1.807) is 24.3 Å². The number of nitrogens with one attached hydrogen (secondary N) is 1. The number of hydrogen-bond acceptors (Lipinski definition) is 4. The maximum atomic E-state index is 11.9. The summed E-state index contributed by atoms with van der Waals surface area (Å²) in [7, 11) is 0. The highest BCUT2D eigenvalue weighted by molar-refractivity contribution is 6.03. The van der Waals surface area contributed by atoms with Gasteiger partial charge in [0.25, 0.3) is 5.91 Å². The summed E-state index contributed by atoms with van der Waals surface area (Å²) in [5.74, 6) is -1.45. The first-order valence-corrected chi connectivity index (χ1v) is 5.97. The molecule has 0 fully saturated rings. The molecule has 0 bridgehead atoms. The van der Waals surface area contributed by atoms with Crippen molar-refractivity contribution in [2.45, 2.75) is 6.92 Å². The van der Waals surface area contributed by atoms with E-state index in [9.17, 15) is 9.59 Å². The summed E-state index contributed by atoms with van der Waals surface area (Å²) in [6.07, 6.45) is 0. The van der Waals surface area contributed by atoms with E-state index >= 15 is 0 Å². The zero-order valence-corrected chi connectivity index (χ0v) is 10.8. The Morgan fingerprint density at radius 1 is 1.25 bits per heavy atom. The minimum absolute atomic E-state index is 0.0655. The monoisotopic (exact) mass is 275 g/mol. The molecule has 1 heterocycles. The van der Waals surface area contributed by atoms with Crippen LogP contribution in [0.1, 0.15) is 28.0 Å². The molecular weight excluding hydrogens is 262 g/mol. The van der Waals surface area contributed by atoms with Crippen LogP contribution in [0, 0.1) is 0 Å². The van der Waals surface area contributed by atoms with Crippen LogP contribution in [-0.4, -0.2) is 23.6 Å². The summed E-state index contributed by atoms with van der Waals surface area (Å²) in [6, 6.07) is 9.42. The van der Waals surface area contributed by atoms with E-state index in [1.165, 1.54) is 12.1 Å². The molecule has 2 N–H and O–H groups in total. The van der Waals surface area contributed by atoms with Crippen molar-refractivity contribution < 1.29 is 23.8 Å². The molecule has 0 radical (unpaired) electrons. The second-order valence-corrected chi connectivity index (χ2v) is 3.88. The topological polar surface area (TPSA) is 88.8 Å². The Labute approximate surface area is 115 Å². The van der Waals surface area contributed by atoms with Gasteiger partial charge in [0, 0.05) is 11.8 Å². The van der Waals surface area contributed by atoms with Crippen LogP contribution in [0.3, 0.4) is 0 Å². The first-order chi connectivity index (χ1) is 9.60. The SMILES string of the molecule is CCOc1cccc(NC(=O)c2ccc(C(=O)O)o2)c1. The van der Waals surface area contributed by atoms with Crippen LogP contribution in [0.2, 0.25) is 0 Å². The first-order valence-electron chi connectivity index (χ1n) is 5.97. The molecule has 0 atom stereocenters. The van der Waals surface area contributed by atoms with E-state index < -0.39 is 11.9 Å². The second-order valence-electron chi connectivity index (χ2n) is 3.88. The van der Waals surface area contributed by atoms with Crippen LogP contribution in [0.25, 0.3) is 0 Å². The predicted octanol–water partition coefficient (Wildman–Crippen LogP) is 2.63. The van der Waals surface area contributed by atoms with Crippen molar-refractivity contribution in [2.75, 3.05) is 11.9 Å². The van der Waals surface area contributed by atoms with Gasteiger partial charge in [-0.1, -0.05) is 6.07 Å². The lowest BCUT2D eigenvalue weighted by molar-refractivity contribution is 0.0660. The van der Waals surface area contributed by atoms with Gasteiger partial charge >= 0.3 is 5.97 Å². The molecule has 1 aromatic heterocycles. The van der Waals surface area contributed by atoms with Gasteiger partial charge in [0.15, 0.2) is 5.76 Å². The van der Waals surface area contributed by atoms with E-state index in [0.717, 1.165) is 0 Å². The Morgan fingerprint density at radius 2 is 2.00 bits per heavy atom. The lowest BCUT2D eigenvalue weighted by Crippen LogP contribution is -2.11. The van der Waals surface area contributed by atoms with Crippen LogP contribution in [0.15, 0.2) is 40.8 Å². The highest BCUT2D eigenvalue weighted by Gasteiger charge is 2.15. The van der Waals surface area contributed by atoms with Gasteiger partial charge in [0.05, 0.1) is 6.61 Å². The van der Waals surface area contributed by atoms with E-state index in [4.69, 9.17) is 14.3 Å². The number of ether oxygens (including phenoxy) is 1. The number of carbonyl (C=O) groups is 2. The number of rotatable bonds is 5. The van der Waals surface area contributed by atoms with E-state index in [0.29, 0.717) is 18.0 Å². The number of benzene rings is 1. The van der Waals surface area contributed by atoms with Crippen molar-refractivity contribution >= 4 is 17.6 Å². The van der Waals surface area contributed by atoms with Crippen molar-refractivity contribution in [3.63, 3.8) is 0 Å². The third-order valence-electron chi connectivity index (χ3n) is 2.44. The second kappa shape index (κ2) is 5.92. The average Bonchev–Trinajstić information content (AvgIpc) is 2.89. The Balaban J connectivity index is 2.10. The van der Waals surface area contributed by atoms with Crippen LogP contribution < -0.4 is 10.1 Å².